The van der Waals surface area contributed by atoms with Crippen LogP contribution in [0.2, 0.25) is 0 Å². The molecule has 4 nitrogen and oxygen atoms in total. The van der Waals surface area contributed by atoms with Crippen LogP contribution in [0.25, 0.3) is 16.9 Å². The number of aromatic nitrogens is 2. The third-order valence-electron chi connectivity index (χ3n) is 7.68. The van der Waals surface area contributed by atoms with Gasteiger partial charge in [0, 0.05) is 11.0 Å². The zero-order valence-corrected chi connectivity index (χ0v) is 22.0. The second-order valence-corrected chi connectivity index (χ2v) is 11.8. The van der Waals surface area contributed by atoms with Crippen molar-refractivity contribution in [2.24, 2.45) is 0 Å². The monoisotopic (exact) mass is 512 g/mol. The van der Waals surface area contributed by atoms with E-state index in [1.54, 1.807) is 4.57 Å². The van der Waals surface area contributed by atoms with Crippen LogP contribution in [0.5, 0.6) is 0 Å². The molecule has 2 aliphatic rings. The SMILES string of the molecule is Cc1ccccc1-n1c(SCC(=O)c2cccs2)nc2c(c1=O)C1(CCCCC1)Cc1ccccc1-2. The highest BCUT2D eigenvalue weighted by molar-refractivity contribution is 7.99. The van der Waals surface area contributed by atoms with Crippen molar-refractivity contribution in [2.45, 2.75) is 56.0 Å². The molecule has 1 saturated carbocycles. The lowest BCUT2D eigenvalue weighted by Crippen LogP contribution is -2.43. The van der Waals surface area contributed by atoms with Gasteiger partial charge < -0.3 is 0 Å². The fourth-order valence-corrected chi connectivity index (χ4v) is 7.59. The van der Waals surface area contributed by atoms with E-state index < -0.39 is 0 Å². The number of thioether (sulfide) groups is 1. The number of fused-ring (bicyclic) bond motifs is 4. The first-order chi connectivity index (χ1) is 17.6. The number of para-hydroxylation sites is 1. The summed E-state index contributed by atoms with van der Waals surface area (Å²) in [6.07, 6.45) is 6.42. The number of nitrogens with zero attached hydrogens (tertiary/aromatic N) is 2. The van der Waals surface area contributed by atoms with Crippen LogP contribution in [-0.4, -0.2) is 21.1 Å². The molecule has 1 spiro atoms. The molecule has 2 aliphatic carbocycles. The molecule has 6 heteroatoms. The minimum Gasteiger partial charge on any atom is -0.292 e. The summed E-state index contributed by atoms with van der Waals surface area (Å²) in [5.41, 5.74) is 5.74. The topological polar surface area (TPSA) is 52.0 Å². The molecule has 0 aliphatic heterocycles. The van der Waals surface area contributed by atoms with Crippen molar-refractivity contribution in [3.05, 3.63) is 98.0 Å². The van der Waals surface area contributed by atoms with Gasteiger partial charge in [0.1, 0.15) is 0 Å². The number of carbonyl (C=O) groups is 1. The second kappa shape index (κ2) is 9.49. The summed E-state index contributed by atoms with van der Waals surface area (Å²) in [7, 11) is 0. The Bertz CT molecular complexity index is 1500. The zero-order valence-electron chi connectivity index (χ0n) is 20.3. The van der Waals surface area contributed by atoms with Crippen LogP contribution in [0.15, 0.2) is 76.0 Å². The number of hydrogen-bond acceptors (Lipinski definition) is 5. The van der Waals surface area contributed by atoms with E-state index in [2.05, 4.69) is 18.2 Å². The predicted molar refractivity (Wildman–Crippen MR) is 148 cm³/mol. The average Bonchev–Trinajstić information content (AvgIpc) is 3.44. The van der Waals surface area contributed by atoms with Gasteiger partial charge in [-0.05, 0) is 54.8 Å². The number of rotatable bonds is 5. The van der Waals surface area contributed by atoms with Crippen LogP contribution in [0.3, 0.4) is 0 Å². The van der Waals surface area contributed by atoms with Crippen LogP contribution in [0, 0.1) is 6.92 Å². The number of ketones is 1. The molecule has 6 rings (SSSR count). The van der Waals surface area contributed by atoms with Crippen molar-refractivity contribution < 1.29 is 4.79 Å². The molecule has 0 unspecified atom stereocenters. The minimum atomic E-state index is -0.174. The Morgan fingerprint density at radius 1 is 1.03 bits per heavy atom. The summed E-state index contributed by atoms with van der Waals surface area (Å²) in [6.45, 7) is 2.03. The molecule has 0 radical (unpaired) electrons. The number of thiophene rings is 1. The number of hydrogen-bond donors (Lipinski definition) is 0. The van der Waals surface area contributed by atoms with E-state index in [1.165, 1.54) is 35.1 Å². The van der Waals surface area contributed by atoms with E-state index in [0.717, 1.165) is 65.1 Å². The van der Waals surface area contributed by atoms with Gasteiger partial charge in [0.25, 0.3) is 5.56 Å². The van der Waals surface area contributed by atoms with E-state index in [4.69, 9.17) is 4.98 Å². The lowest BCUT2D eigenvalue weighted by Gasteiger charge is -2.42. The summed E-state index contributed by atoms with van der Waals surface area (Å²) in [5.74, 6) is 0.298. The Hall–Kier alpha value is -2.96. The maximum Gasteiger partial charge on any atom is 0.263 e. The van der Waals surface area contributed by atoms with Crippen molar-refractivity contribution in [3.63, 3.8) is 0 Å². The molecule has 2 heterocycles. The predicted octanol–water partition coefficient (Wildman–Crippen LogP) is 7.00. The van der Waals surface area contributed by atoms with Gasteiger partial charge in [-0.2, -0.15) is 0 Å². The molecule has 36 heavy (non-hydrogen) atoms. The average molecular weight is 513 g/mol. The molecular formula is C30H28N2O2S2. The van der Waals surface area contributed by atoms with Crippen molar-refractivity contribution in [3.8, 4) is 16.9 Å². The summed E-state index contributed by atoms with van der Waals surface area (Å²) >= 11 is 2.81. The van der Waals surface area contributed by atoms with E-state index in [-0.39, 0.29) is 22.5 Å². The first-order valence-corrected chi connectivity index (χ1v) is 14.5. The van der Waals surface area contributed by atoms with Crippen molar-refractivity contribution >= 4 is 28.9 Å². The maximum atomic E-state index is 14.6. The van der Waals surface area contributed by atoms with Gasteiger partial charge in [0.15, 0.2) is 10.9 Å². The lowest BCUT2D eigenvalue weighted by atomic mass is 9.62. The molecule has 0 N–H and O–H groups in total. The second-order valence-electron chi connectivity index (χ2n) is 9.91. The molecule has 0 bridgehead atoms. The Morgan fingerprint density at radius 2 is 1.81 bits per heavy atom. The van der Waals surface area contributed by atoms with Crippen molar-refractivity contribution in [1.29, 1.82) is 0 Å². The maximum absolute atomic E-state index is 14.6. The van der Waals surface area contributed by atoms with Crippen LogP contribution in [-0.2, 0) is 11.8 Å². The summed E-state index contributed by atoms with van der Waals surface area (Å²) in [4.78, 5) is 33.4. The van der Waals surface area contributed by atoms with Gasteiger partial charge in [0.2, 0.25) is 0 Å². The fourth-order valence-electron chi connectivity index (χ4n) is 5.95. The molecule has 182 valence electrons. The van der Waals surface area contributed by atoms with E-state index in [9.17, 15) is 9.59 Å². The van der Waals surface area contributed by atoms with Crippen LogP contribution < -0.4 is 5.56 Å². The number of benzene rings is 2. The Balaban J connectivity index is 1.57. The zero-order chi connectivity index (χ0) is 24.7. The van der Waals surface area contributed by atoms with E-state index >= 15 is 0 Å². The number of aryl methyl sites for hydroxylation is 1. The van der Waals surface area contributed by atoms with Crippen molar-refractivity contribution in [2.75, 3.05) is 5.75 Å². The quantitative estimate of drug-likeness (QED) is 0.164. The third kappa shape index (κ3) is 3.97. The summed E-state index contributed by atoms with van der Waals surface area (Å²) in [5, 5.41) is 2.50. The largest absolute Gasteiger partial charge is 0.292 e. The molecular weight excluding hydrogens is 484 g/mol. The highest BCUT2D eigenvalue weighted by Gasteiger charge is 2.43. The van der Waals surface area contributed by atoms with Gasteiger partial charge in [-0.3, -0.25) is 14.2 Å². The molecule has 1 fully saturated rings. The summed E-state index contributed by atoms with van der Waals surface area (Å²) in [6, 6.07) is 20.1. The van der Waals surface area contributed by atoms with Crippen LogP contribution >= 0.6 is 23.1 Å². The van der Waals surface area contributed by atoms with Crippen molar-refractivity contribution in [1.82, 2.24) is 9.55 Å². The van der Waals surface area contributed by atoms with Gasteiger partial charge in [-0.1, -0.05) is 79.6 Å². The van der Waals surface area contributed by atoms with E-state index in [0.29, 0.717) is 5.16 Å². The molecule has 2 aromatic carbocycles. The standard InChI is InChI=1S/C30H28N2O2S2/c1-20-10-3-6-13-23(20)32-28(34)26-27(31-29(32)36-19-24(33)25-14-9-17-35-25)22-12-5-4-11-21(22)18-30(26)15-7-2-8-16-30/h3-6,9-14,17H,2,7-8,15-16,18-19H2,1H3. The molecule has 0 atom stereocenters. The number of Topliss-reactive ketones (excluding diaryl/α,β-unsaturated/α-hetero) is 1. The highest BCUT2D eigenvalue weighted by atomic mass is 32.2. The van der Waals surface area contributed by atoms with Gasteiger partial charge in [-0.15, -0.1) is 11.3 Å². The fraction of sp³-hybridized carbons (Fsp3) is 0.300. The molecule has 0 saturated heterocycles. The van der Waals surface area contributed by atoms with Crippen LogP contribution in [0.4, 0.5) is 0 Å². The summed E-state index contributed by atoms with van der Waals surface area (Å²) < 4.78 is 1.78. The highest BCUT2D eigenvalue weighted by Crippen LogP contribution is 2.49. The Kier molecular flexibility index (Phi) is 6.18. The normalized spacial score (nSPS) is 15.9. The molecule has 2 aromatic heterocycles. The number of carbonyl (C=O) groups excluding carboxylic acids is 1. The minimum absolute atomic E-state index is 0.0248. The van der Waals surface area contributed by atoms with Crippen LogP contribution in [0.1, 0.15) is 58.5 Å². The first-order valence-electron chi connectivity index (χ1n) is 12.6. The molecule has 0 amide bonds. The van der Waals surface area contributed by atoms with E-state index in [1.807, 2.05) is 54.8 Å². The molecule has 4 aromatic rings. The van der Waals surface area contributed by atoms with Gasteiger partial charge in [-0.25, -0.2) is 4.98 Å². The first kappa shape index (κ1) is 23.4. The Labute approximate surface area is 219 Å². The lowest BCUT2D eigenvalue weighted by molar-refractivity contribution is 0.102. The third-order valence-corrected chi connectivity index (χ3v) is 9.53. The van der Waals surface area contributed by atoms with Gasteiger partial charge in [0.05, 0.1) is 27.6 Å². The Morgan fingerprint density at radius 3 is 2.58 bits per heavy atom. The van der Waals surface area contributed by atoms with Gasteiger partial charge >= 0.3 is 0 Å². The smallest absolute Gasteiger partial charge is 0.263 e.